The summed E-state index contributed by atoms with van der Waals surface area (Å²) in [4.78, 5) is 17.2. The monoisotopic (exact) mass is 437 g/mol. The Bertz CT molecular complexity index is 1050. The number of nitrogens with zero attached hydrogens (tertiary/aromatic N) is 1. The maximum absolute atomic E-state index is 12.8. The van der Waals surface area contributed by atoms with E-state index >= 15 is 0 Å². The van der Waals surface area contributed by atoms with Crippen molar-refractivity contribution in [1.29, 1.82) is 0 Å². The number of methoxy groups -OCH3 is 2. The number of benzene rings is 2. The van der Waals surface area contributed by atoms with E-state index in [1.165, 1.54) is 0 Å². The van der Waals surface area contributed by atoms with Gasteiger partial charge < -0.3 is 18.9 Å². The smallest absolute Gasteiger partial charge is 0.341 e. The molecule has 1 heterocycles. The van der Waals surface area contributed by atoms with Gasteiger partial charge in [-0.15, -0.1) is 0 Å². The van der Waals surface area contributed by atoms with Gasteiger partial charge in [-0.3, -0.25) is 4.98 Å². The quantitative estimate of drug-likeness (QED) is 0.323. The zero-order valence-corrected chi connectivity index (χ0v) is 19.2. The summed E-state index contributed by atoms with van der Waals surface area (Å²) >= 11 is 0. The van der Waals surface area contributed by atoms with Crippen LogP contribution in [0.15, 0.2) is 48.7 Å². The third-order valence-electron chi connectivity index (χ3n) is 5.53. The molecule has 1 unspecified atom stereocenters. The SMILES string of the molecule is CCCCC(CC)COC(=O)c1ccccc1Oc1ccnc2cc(OC)c(OC)cc12. The zero-order valence-electron chi connectivity index (χ0n) is 19.2. The highest BCUT2D eigenvalue weighted by atomic mass is 16.5. The van der Waals surface area contributed by atoms with E-state index in [1.54, 1.807) is 50.7 Å². The van der Waals surface area contributed by atoms with E-state index in [2.05, 4.69) is 18.8 Å². The first kappa shape index (κ1) is 23.4. The number of fused-ring (bicyclic) bond motifs is 1. The van der Waals surface area contributed by atoms with Gasteiger partial charge in [0.1, 0.15) is 17.1 Å². The van der Waals surface area contributed by atoms with Crippen molar-refractivity contribution in [2.45, 2.75) is 39.5 Å². The van der Waals surface area contributed by atoms with Crippen molar-refractivity contribution in [1.82, 2.24) is 4.98 Å². The standard InChI is InChI=1S/C26H31NO5/c1-5-7-10-18(6-2)17-31-26(28)19-11-8-9-12-22(19)32-23-13-14-27-21-16-25(30-4)24(29-3)15-20(21)23/h8-9,11-16,18H,5-7,10,17H2,1-4H3. The highest BCUT2D eigenvalue weighted by Gasteiger charge is 2.18. The molecule has 170 valence electrons. The molecule has 0 spiro atoms. The predicted octanol–water partition coefficient (Wildman–Crippen LogP) is 6.42. The number of aromatic nitrogens is 1. The fourth-order valence-corrected chi connectivity index (χ4v) is 3.55. The minimum atomic E-state index is -0.381. The first-order valence-electron chi connectivity index (χ1n) is 11.1. The number of para-hydroxylation sites is 1. The molecule has 32 heavy (non-hydrogen) atoms. The Morgan fingerprint density at radius 3 is 2.44 bits per heavy atom. The fraction of sp³-hybridized carbons (Fsp3) is 0.385. The molecule has 6 nitrogen and oxygen atoms in total. The first-order chi connectivity index (χ1) is 15.6. The number of esters is 1. The van der Waals surface area contributed by atoms with E-state index in [0.717, 1.165) is 31.1 Å². The van der Waals surface area contributed by atoms with E-state index in [0.29, 0.717) is 46.6 Å². The molecule has 0 saturated carbocycles. The highest BCUT2D eigenvalue weighted by molar-refractivity contribution is 5.93. The van der Waals surface area contributed by atoms with Gasteiger partial charge in [-0.05, 0) is 36.6 Å². The van der Waals surface area contributed by atoms with Gasteiger partial charge in [0.2, 0.25) is 0 Å². The largest absolute Gasteiger partial charge is 0.493 e. The summed E-state index contributed by atoms with van der Waals surface area (Å²) in [6, 6.07) is 12.5. The van der Waals surface area contributed by atoms with Crippen LogP contribution >= 0.6 is 0 Å². The van der Waals surface area contributed by atoms with Crippen molar-refractivity contribution in [3.63, 3.8) is 0 Å². The van der Waals surface area contributed by atoms with E-state index in [1.807, 2.05) is 12.1 Å². The van der Waals surface area contributed by atoms with Crippen LogP contribution in [0, 0.1) is 5.92 Å². The minimum absolute atomic E-state index is 0.374. The maximum atomic E-state index is 12.8. The summed E-state index contributed by atoms with van der Waals surface area (Å²) in [5.74, 6) is 2.14. The molecule has 1 aromatic heterocycles. The Hall–Kier alpha value is -3.28. The lowest BCUT2D eigenvalue weighted by Crippen LogP contribution is -2.14. The van der Waals surface area contributed by atoms with Gasteiger partial charge in [0.05, 0.1) is 26.3 Å². The average Bonchev–Trinajstić information content (AvgIpc) is 2.83. The third kappa shape index (κ3) is 5.49. The van der Waals surface area contributed by atoms with Gasteiger partial charge in [0.25, 0.3) is 0 Å². The van der Waals surface area contributed by atoms with Crippen molar-refractivity contribution < 1.29 is 23.7 Å². The van der Waals surface area contributed by atoms with Crippen LogP contribution in [0.4, 0.5) is 0 Å². The van der Waals surface area contributed by atoms with E-state index in [4.69, 9.17) is 18.9 Å². The minimum Gasteiger partial charge on any atom is -0.493 e. The van der Waals surface area contributed by atoms with Crippen LogP contribution in [0.3, 0.4) is 0 Å². The molecule has 3 rings (SSSR count). The number of rotatable bonds is 11. The molecule has 0 aliphatic heterocycles. The summed E-state index contributed by atoms with van der Waals surface area (Å²) in [5, 5.41) is 0.749. The Kier molecular flexibility index (Phi) is 8.31. The van der Waals surface area contributed by atoms with Crippen LogP contribution in [-0.2, 0) is 4.74 Å². The van der Waals surface area contributed by atoms with Crippen molar-refractivity contribution in [2.24, 2.45) is 5.92 Å². The van der Waals surface area contributed by atoms with Crippen LogP contribution in [0.25, 0.3) is 10.9 Å². The normalized spacial score (nSPS) is 11.8. The lowest BCUT2D eigenvalue weighted by atomic mass is 10.0. The number of carbonyl (C=O) groups excluding carboxylic acids is 1. The molecular formula is C26H31NO5. The summed E-state index contributed by atoms with van der Waals surface area (Å²) in [6.45, 7) is 4.71. The average molecular weight is 438 g/mol. The zero-order chi connectivity index (χ0) is 22.9. The fourth-order valence-electron chi connectivity index (χ4n) is 3.55. The van der Waals surface area contributed by atoms with Gasteiger partial charge in [-0.25, -0.2) is 4.79 Å². The number of pyridine rings is 1. The molecule has 2 aromatic carbocycles. The van der Waals surface area contributed by atoms with Gasteiger partial charge >= 0.3 is 5.97 Å². The summed E-state index contributed by atoms with van der Waals surface area (Å²) in [6.07, 6.45) is 5.98. The van der Waals surface area contributed by atoms with E-state index < -0.39 is 0 Å². The van der Waals surface area contributed by atoms with Crippen LogP contribution in [0.5, 0.6) is 23.0 Å². The van der Waals surface area contributed by atoms with Crippen molar-refractivity contribution in [3.05, 3.63) is 54.2 Å². The Balaban J connectivity index is 1.85. The third-order valence-corrected chi connectivity index (χ3v) is 5.53. The van der Waals surface area contributed by atoms with Crippen molar-refractivity contribution in [3.8, 4) is 23.0 Å². The van der Waals surface area contributed by atoms with Crippen LogP contribution in [0.1, 0.15) is 49.9 Å². The van der Waals surface area contributed by atoms with E-state index in [-0.39, 0.29) is 5.97 Å². The number of carbonyl (C=O) groups is 1. The lowest BCUT2D eigenvalue weighted by molar-refractivity contribution is 0.0425. The molecule has 0 N–H and O–H groups in total. The number of hydrogen-bond acceptors (Lipinski definition) is 6. The summed E-state index contributed by atoms with van der Waals surface area (Å²) < 4.78 is 22.6. The van der Waals surface area contributed by atoms with Crippen LogP contribution < -0.4 is 14.2 Å². The van der Waals surface area contributed by atoms with Gasteiger partial charge in [-0.2, -0.15) is 0 Å². The van der Waals surface area contributed by atoms with Crippen LogP contribution in [-0.4, -0.2) is 31.8 Å². The molecule has 3 aromatic rings. The van der Waals surface area contributed by atoms with Gasteiger partial charge in [0, 0.05) is 17.6 Å². The predicted molar refractivity (Wildman–Crippen MR) is 125 cm³/mol. The lowest BCUT2D eigenvalue weighted by Gasteiger charge is -2.16. The summed E-state index contributed by atoms with van der Waals surface area (Å²) in [5.41, 5.74) is 1.09. The van der Waals surface area contributed by atoms with Gasteiger partial charge in [-0.1, -0.05) is 45.2 Å². The Morgan fingerprint density at radius 2 is 1.72 bits per heavy atom. The Labute approximate surface area is 189 Å². The highest BCUT2D eigenvalue weighted by Crippen LogP contribution is 2.37. The van der Waals surface area contributed by atoms with Crippen molar-refractivity contribution in [2.75, 3.05) is 20.8 Å². The number of hydrogen-bond donors (Lipinski definition) is 0. The topological polar surface area (TPSA) is 66.9 Å². The molecule has 0 amide bonds. The first-order valence-corrected chi connectivity index (χ1v) is 11.1. The molecule has 0 fully saturated rings. The number of unbranched alkanes of at least 4 members (excludes halogenated alkanes) is 1. The molecule has 1 atom stereocenters. The maximum Gasteiger partial charge on any atom is 0.341 e. The molecule has 6 heteroatoms. The van der Waals surface area contributed by atoms with Crippen molar-refractivity contribution >= 4 is 16.9 Å². The molecule has 0 aliphatic carbocycles. The molecule has 0 saturated heterocycles. The second-order valence-electron chi connectivity index (χ2n) is 7.65. The van der Waals surface area contributed by atoms with E-state index in [9.17, 15) is 4.79 Å². The van der Waals surface area contributed by atoms with Gasteiger partial charge in [0.15, 0.2) is 11.5 Å². The Morgan fingerprint density at radius 1 is 0.969 bits per heavy atom. The second kappa shape index (κ2) is 11.4. The molecule has 0 radical (unpaired) electrons. The second-order valence-corrected chi connectivity index (χ2v) is 7.65. The summed E-state index contributed by atoms with van der Waals surface area (Å²) in [7, 11) is 3.16. The molecule has 0 aliphatic rings. The number of ether oxygens (including phenoxy) is 4. The molecular weight excluding hydrogens is 406 g/mol. The molecule has 0 bridgehead atoms. The van der Waals surface area contributed by atoms with Crippen LogP contribution in [0.2, 0.25) is 0 Å².